The number of carbonyl (C=O) groups excluding carboxylic acids is 1. The molecule has 0 bridgehead atoms. The van der Waals surface area contributed by atoms with E-state index in [1.807, 2.05) is 11.0 Å². The molecule has 1 saturated carbocycles. The lowest BCUT2D eigenvalue weighted by Gasteiger charge is -2.43. The largest absolute Gasteiger partial charge is 0.337 e. The summed E-state index contributed by atoms with van der Waals surface area (Å²) in [6, 6.07) is 21.1. The van der Waals surface area contributed by atoms with Gasteiger partial charge >= 0.3 is 6.03 Å². The van der Waals surface area contributed by atoms with Crippen molar-refractivity contribution in [2.75, 3.05) is 39.3 Å². The second-order valence-electron chi connectivity index (χ2n) is 8.26. The Morgan fingerprint density at radius 1 is 0.931 bits per heavy atom. The molecule has 0 aromatic heterocycles. The maximum Gasteiger partial charge on any atom is 0.317 e. The highest BCUT2D eigenvalue weighted by Gasteiger charge is 2.39. The average Bonchev–Trinajstić information content (AvgIpc) is 2.75. The Morgan fingerprint density at radius 2 is 1.59 bits per heavy atom. The minimum atomic E-state index is 0.0895. The lowest BCUT2D eigenvalue weighted by Crippen LogP contribution is -2.54. The molecule has 152 valence electrons. The number of nitrogens with zero attached hydrogens (tertiary/aromatic N) is 2. The van der Waals surface area contributed by atoms with E-state index in [4.69, 9.17) is 0 Å². The second kappa shape index (κ2) is 9.27. The molecule has 4 rings (SSSR count). The van der Waals surface area contributed by atoms with E-state index in [1.54, 1.807) is 0 Å². The van der Waals surface area contributed by atoms with Gasteiger partial charge in [0.2, 0.25) is 0 Å². The Morgan fingerprint density at radius 3 is 2.21 bits per heavy atom. The number of hydrogen-bond donors (Lipinski definition) is 1. The van der Waals surface area contributed by atoms with Gasteiger partial charge in [-0.3, -0.25) is 4.90 Å². The Hall–Kier alpha value is -2.59. The fourth-order valence-corrected chi connectivity index (χ4v) is 4.35. The molecule has 2 aromatic rings. The molecule has 4 heteroatoms. The Balaban J connectivity index is 1.22. The summed E-state index contributed by atoms with van der Waals surface area (Å²) in [4.78, 5) is 17.1. The minimum Gasteiger partial charge on any atom is -0.337 e. The molecule has 2 aromatic carbocycles. The summed E-state index contributed by atoms with van der Waals surface area (Å²) in [6.07, 6.45) is 7.96. The van der Waals surface area contributed by atoms with E-state index in [0.29, 0.717) is 0 Å². The van der Waals surface area contributed by atoms with Crippen molar-refractivity contribution >= 4 is 12.1 Å². The van der Waals surface area contributed by atoms with Crippen molar-refractivity contribution < 1.29 is 4.79 Å². The molecule has 1 N–H and O–H groups in total. The predicted octanol–water partition coefficient (Wildman–Crippen LogP) is 4.15. The fraction of sp³-hybridized carbons (Fsp3) is 0.400. The number of carbonyl (C=O) groups is 1. The maximum absolute atomic E-state index is 12.7. The quantitative estimate of drug-likeness (QED) is 0.806. The van der Waals surface area contributed by atoms with E-state index in [9.17, 15) is 4.79 Å². The first-order valence-electron chi connectivity index (χ1n) is 10.8. The van der Waals surface area contributed by atoms with Crippen LogP contribution in [0.5, 0.6) is 0 Å². The molecular weight excluding hydrogens is 358 g/mol. The SMILES string of the molecule is O=C(NCC1(c2ccccc2)CCC1)N1CCN(C/C=C/c2ccccc2)CC1. The summed E-state index contributed by atoms with van der Waals surface area (Å²) in [5.41, 5.74) is 2.73. The van der Waals surface area contributed by atoms with Gasteiger partial charge in [0, 0.05) is 44.7 Å². The molecule has 2 fully saturated rings. The van der Waals surface area contributed by atoms with Crippen LogP contribution < -0.4 is 5.32 Å². The van der Waals surface area contributed by atoms with Crippen LogP contribution >= 0.6 is 0 Å². The van der Waals surface area contributed by atoms with E-state index in [1.165, 1.54) is 30.4 Å². The molecule has 0 spiro atoms. The third-order valence-corrected chi connectivity index (χ3v) is 6.41. The fourth-order valence-electron chi connectivity index (χ4n) is 4.35. The standard InChI is InChI=1S/C25H31N3O/c29-24(26-21-25(14-8-15-25)23-12-5-2-6-13-23)28-19-17-27(18-20-28)16-7-11-22-9-3-1-4-10-22/h1-7,9-13H,8,14-21H2,(H,26,29)/b11-7+. The molecule has 1 aliphatic heterocycles. The molecular formula is C25H31N3O. The van der Waals surface area contributed by atoms with Gasteiger partial charge in [-0.05, 0) is 24.0 Å². The summed E-state index contributed by atoms with van der Waals surface area (Å²) in [5, 5.41) is 3.23. The Kier molecular flexibility index (Phi) is 6.30. The average molecular weight is 390 g/mol. The number of nitrogens with one attached hydrogen (secondary N) is 1. The maximum atomic E-state index is 12.7. The number of amides is 2. The van der Waals surface area contributed by atoms with E-state index in [0.717, 1.165) is 39.3 Å². The van der Waals surface area contributed by atoms with E-state index in [-0.39, 0.29) is 11.4 Å². The van der Waals surface area contributed by atoms with Gasteiger partial charge in [0.15, 0.2) is 0 Å². The molecule has 0 radical (unpaired) electrons. The number of piperazine rings is 1. The van der Waals surface area contributed by atoms with Gasteiger partial charge in [-0.2, -0.15) is 0 Å². The van der Waals surface area contributed by atoms with Crippen molar-refractivity contribution in [1.82, 2.24) is 15.1 Å². The van der Waals surface area contributed by atoms with Crippen molar-refractivity contribution in [2.45, 2.75) is 24.7 Å². The summed E-state index contributed by atoms with van der Waals surface area (Å²) in [6.45, 7) is 5.12. The van der Waals surface area contributed by atoms with E-state index >= 15 is 0 Å². The lowest BCUT2D eigenvalue weighted by molar-refractivity contribution is 0.141. The first-order chi connectivity index (χ1) is 14.3. The molecule has 0 atom stereocenters. The predicted molar refractivity (Wildman–Crippen MR) is 119 cm³/mol. The highest BCUT2D eigenvalue weighted by Crippen LogP contribution is 2.43. The highest BCUT2D eigenvalue weighted by molar-refractivity contribution is 5.74. The normalized spacial score (nSPS) is 19.1. The molecule has 4 nitrogen and oxygen atoms in total. The highest BCUT2D eigenvalue weighted by atomic mass is 16.2. The number of benzene rings is 2. The van der Waals surface area contributed by atoms with Crippen molar-refractivity contribution in [1.29, 1.82) is 0 Å². The third kappa shape index (κ3) is 4.88. The van der Waals surface area contributed by atoms with Crippen LogP contribution in [0.15, 0.2) is 66.7 Å². The van der Waals surface area contributed by atoms with Crippen LogP contribution in [0.2, 0.25) is 0 Å². The zero-order chi connectivity index (χ0) is 19.9. The van der Waals surface area contributed by atoms with Crippen molar-refractivity contribution in [3.8, 4) is 0 Å². The molecule has 1 heterocycles. The first kappa shape index (κ1) is 19.7. The zero-order valence-corrected chi connectivity index (χ0v) is 17.1. The zero-order valence-electron chi connectivity index (χ0n) is 17.1. The smallest absolute Gasteiger partial charge is 0.317 e. The van der Waals surface area contributed by atoms with Gasteiger partial charge in [0.25, 0.3) is 0 Å². The van der Waals surface area contributed by atoms with Crippen molar-refractivity contribution in [3.05, 3.63) is 77.9 Å². The van der Waals surface area contributed by atoms with Crippen LogP contribution in [0.25, 0.3) is 6.08 Å². The summed E-state index contributed by atoms with van der Waals surface area (Å²) >= 11 is 0. The van der Waals surface area contributed by atoms with Crippen LogP contribution in [-0.4, -0.2) is 55.1 Å². The minimum absolute atomic E-state index is 0.0895. The van der Waals surface area contributed by atoms with Gasteiger partial charge in [0.05, 0.1) is 0 Å². The number of hydrogen-bond acceptors (Lipinski definition) is 2. The van der Waals surface area contributed by atoms with Crippen molar-refractivity contribution in [2.24, 2.45) is 0 Å². The van der Waals surface area contributed by atoms with Gasteiger partial charge in [-0.25, -0.2) is 4.79 Å². The van der Waals surface area contributed by atoms with E-state index < -0.39 is 0 Å². The van der Waals surface area contributed by atoms with Gasteiger partial charge in [-0.1, -0.05) is 79.2 Å². The molecule has 2 aliphatic rings. The summed E-state index contributed by atoms with van der Waals surface area (Å²) in [5.74, 6) is 0. The summed E-state index contributed by atoms with van der Waals surface area (Å²) < 4.78 is 0. The van der Waals surface area contributed by atoms with Gasteiger partial charge in [-0.15, -0.1) is 0 Å². The van der Waals surface area contributed by atoms with Crippen LogP contribution in [-0.2, 0) is 5.41 Å². The molecule has 1 saturated heterocycles. The first-order valence-corrected chi connectivity index (χ1v) is 10.8. The van der Waals surface area contributed by atoms with Crippen LogP contribution in [0, 0.1) is 0 Å². The Bertz CT molecular complexity index is 806. The van der Waals surface area contributed by atoms with Crippen LogP contribution in [0.3, 0.4) is 0 Å². The monoisotopic (exact) mass is 389 g/mol. The molecule has 1 aliphatic carbocycles. The Labute approximate surface area is 174 Å². The molecule has 0 unspecified atom stereocenters. The van der Waals surface area contributed by atoms with Crippen LogP contribution in [0.1, 0.15) is 30.4 Å². The van der Waals surface area contributed by atoms with Gasteiger partial charge in [0.1, 0.15) is 0 Å². The molecule has 29 heavy (non-hydrogen) atoms. The topological polar surface area (TPSA) is 35.6 Å². The number of urea groups is 1. The van der Waals surface area contributed by atoms with Crippen LogP contribution in [0.4, 0.5) is 4.79 Å². The van der Waals surface area contributed by atoms with Crippen molar-refractivity contribution in [3.63, 3.8) is 0 Å². The summed E-state index contributed by atoms with van der Waals surface area (Å²) in [7, 11) is 0. The second-order valence-corrected chi connectivity index (χ2v) is 8.26. The third-order valence-electron chi connectivity index (χ3n) is 6.41. The number of rotatable bonds is 6. The molecule has 2 amide bonds. The van der Waals surface area contributed by atoms with E-state index in [2.05, 4.69) is 77.0 Å². The lowest BCUT2D eigenvalue weighted by atomic mass is 9.64. The van der Waals surface area contributed by atoms with Gasteiger partial charge < -0.3 is 10.2 Å².